The molecule has 0 aliphatic carbocycles. The molecule has 1 aromatic carbocycles. The Bertz CT molecular complexity index is 1110. The number of carbonyl (C=O) groups is 2. The molecular weight excluding hydrogens is 472 g/mol. The van der Waals surface area contributed by atoms with Crippen LogP contribution in [0.15, 0.2) is 28.7 Å². The van der Waals surface area contributed by atoms with Crippen LogP contribution in [0.25, 0.3) is 0 Å². The molecule has 1 N–H and O–H groups in total. The first-order chi connectivity index (χ1) is 15.3. The molecule has 0 aliphatic rings. The van der Waals surface area contributed by atoms with Gasteiger partial charge in [0, 0.05) is 11.6 Å². The fourth-order valence-electron chi connectivity index (χ4n) is 2.96. The molecular formula is C21H23ClN4O4S2. The number of aromatic nitrogens is 3. The lowest BCUT2D eigenvalue weighted by molar-refractivity contribution is -0.113. The largest absolute Gasteiger partial charge is 0.486 e. The summed E-state index contributed by atoms with van der Waals surface area (Å²) in [5.41, 5.74) is 2.23. The van der Waals surface area contributed by atoms with Crippen LogP contribution in [-0.2, 0) is 22.7 Å². The molecule has 3 rings (SSSR count). The molecule has 2 aromatic heterocycles. The Kier molecular flexibility index (Phi) is 8.16. The summed E-state index contributed by atoms with van der Waals surface area (Å²) in [7, 11) is 1.30. The van der Waals surface area contributed by atoms with Gasteiger partial charge in [0.2, 0.25) is 5.91 Å². The van der Waals surface area contributed by atoms with Crippen LogP contribution < -0.4 is 10.1 Å². The summed E-state index contributed by atoms with van der Waals surface area (Å²) < 4.78 is 12.5. The molecule has 2 heterocycles. The standard InChI is InChI=1S/C21H23ClN4O4S2/c1-5-26-16(10-30-14-8-12(2)18(22)13(3)9-14)24-25-21(26)32-11-17(27)23-19-15(6-7-31-19)20(28)29-4/h6-9H,5,10-11H2,1-4H3,(H,23,27). The molecule has 0 fully saturated rings. The van der Waals surface area contributed by atoms with Crippen LogP contribution in [0.5, 0.6) is 5.75 Å². The predicted octanol–water partition coefficient (Wildman–Crippen LogP) is 4.73. The van der Waals surface area contributed by atoms with Gasteiger partial charge >= 0.3 is 5.97 Å². The lowest BCUT2D eigenvalue weighted by Crippen LogP contribution is -2.16. The number of amides is 1. The van der Waals surface area contributed by atoms with Gasteiger partial charge in [0.05, 0.1) is 18.4 Å². The number of halogens is 1. The van der Waals surface area contributed by atoms with Gasteiger partial charge in [-0.2, -0.15) is 0 Å². The molecule has 0 aliphatic heterocycles. The van der Waals surface area contributed by atoms with Crippen LogP contribution in [-0.4, -0.2) is 39.5 Å². The van der Waals surface area contributed by atoms with E-state index in [1.807, 2.05) is 37.5 Å². The fourth-order valence-corrected chi connectivity index (χ4v) is 4.68. The number of rotatable bonds is 9. The number of thiophene rings is 1. The van der Waals surface area contributed by atoms with Gasteiger partial charge in [0.25, 0.3) is 0 Å². The number of hydrogen-bond donors (Lipinski definition) is 1. The summed E-state index contributed by atoms with van der Waals surface area (Å²) in [4.78, 5) is 24.1. The zero-order valence-corrected chi connectivity index (χ0v) is 20.5. The van der Waals surface area contributed by atoms with Crippen molar-refractivity contribution < 1.29 is 19.1 Å². The molecule has 32 heavy (non-hydrogen) atoms. The number of nitrogens with zero attached hydrogens (tertiary/aromatic N) is 3. The number of hydrogen-bond acceptors (Lipinski definition) is 8. The molecule has 3 aromatic rings. The van der Waals surface area contributed by atoms with E-state index in [0.717, 1.165) is 16.1 Å². The highest BCUT2D eigenvalue weighted by Gasteiger charge is 2.17. The Hall–Kier alpha value is -2.56. The highest BCUT2D eigenvalue weighted by atomic mass is 35.5. The SMILES string of the molecule is CCn1c(COc2cc(C)c(Cl)c(C)c2)nnc1SCC(=O)Nc1sccc1C(=O)OC. The Morgan fingerprint density at radius 2 is 1.97 bits per heavy atom. The number of thioether (sulfide) groups is 1. The summed E-state index contributed by atoms with van der Waals surface area (Å²) in [5.74, 6) is 0.745. The summed E-state index contributed by atoms with van der Waals surface area (Å²) in [6.07, 6.45) is 0. The van der Waals surface area contributed by atoms with E-state index in [2.05, 4.69) is 15.5 Å². The molecule has 0 atom stereocenters. The molecule has 0 spiro atoms. The van der Waals surface area contributed by atoms with E-state index in [-0.39, 0.29) is 18.3 Å². The average Bonchev–Trinajstić information content (AvgIpc) is 3.40. The summed E-state index contributed by atoms with van der Waals surface area (Å²) in [6, 6.07) is 5.38. The van der Waals surface area contributed by atoms with Crippen LogP contribution >= 0.6 is 34.7 Å². The molecule has 0 bridgehead atoms. The van der Waals surface area contributed by atoms with Crippen molar-refractivity contribution in [2.45, 2.75) is 39.1 Å². The predicted molar refractivity (Wildman–Crippen MR) is 126 cm³/mol. The first-order valence-electron chi connectivity index (χ1n) is 9.74. The van der Waals surface area contributed by atoms with E-state index in [9.17, 15) is 9.59 Å². The number of aryl methyl sites for hydroxylation is 2. The third kappa shape index (κ3) is 5.62. The van der Waals surface area contributed by atoms with E-state index in [0.29, 0.717) is 33.8 Å². The van der Waals surface area contributed by atoms with E-state index < -0.39 is 5.97 Å². The van der Waals surface area contributed by atoms with Crippen LogP contribution in [0.1, 0.15) is 34.2 Å². The molecule has 11 heteroatoms. The Morgan fingerprint density at radius 1 is 1.25 bits per heavy atom. The quantitative estimate of drug-likeness (QED) is 0.339. The minimum absolute atomic E-state index is 0.118. The summed E-state index contributed by atoms with van der Waals surface area (Å²) >= 11 is 8.74. The van der Waals surface area contributed by atoms with Crippen molar-refractivity contribution in [3.8, 4) is 5.75 Å². The number of esters is 1. The number of methoxy groups -OCH3 is 1. The number of nitrogens with one attached hydrogen (secondary N) is 1. The monoisotopic (exact) mass is 494 g/mol. The van der Waals surface area contributed by atoms with Crippen molar-refractivity contribution in [2.24, 2.45) is 0 Å². The highest BCUT2D eigenvalue weighted by Crippen LogP contribution is 2.27. The zero-order valence-electron chi connectivity index (χ0n) is 18.1. The fraction of sp³-hybridized carbons (Fsp3) is 0.333. The molecule has 0 saturated carbocycles. The first kappa shape index (κ1) is 24.1. The van der Waals surface area contributed by atoms with Gasteiger partial charge in [0.1, 0.15) is 17.4 Å². The highest BCUT2D eigenvalue weighted by molar-refractivity contribution is 7.99. The number of benzene rings is 1. The smallest absolute Gasteiger partial charge is 0.340 e. The summed E-state index contributed by atoms with van der Waals surface area (Å²) in [5, 5.41) is 14.7. The molecule has 170 valence electrons. The zero-order chi connectivity index (χ0) is 23.3. The molecule has 8 nitrogen and oxygen atoms in total. The van der Waals surface area contributed by atoms with Gasteiger partial charge in [-0.3, -0.25) is 4.79 Å². The minimum Gasteiger partial charge on any atom is -0.486 e. The number of carbonyl (C=O) groups excluding carboxylic acids is 2. The second-order valence-electron chi connectivity index (χ2n) is 6.79. The third-order valence-corrected chi connectivity index (χ3v) is 6.94. The Labute approximate surface area is 199 Å². The first-order valence-corrected chi connectivity index (χ1v) is 12.0. The van der Waals surface area contributed by atoms with E-state index in [1.54, 1.807) is 11.4 Å². The van der Waals surface area contributed by atoms with Gasteiger partial charge in [-0.1, -0.05) is 23.4 Å². The minimum atomic E-state index is -0.490. The van der Waals surface area contributed by atoms with Gasteiger partial charge < -0.3 is 19.4 Å². The van der Waals surface area contributed by atoms with Gasteiger partial charge in [-0.25, -0.2) is 4.79 Å². The molecule has 0 saturated heterocycles. The Morgan fingerprint density at radius 3 is 2.62 bits per heavy atom. The second-order valence-corrected chi connectivity index (χ2v) is 9.03. The molecule has 1 amide bonds. The lowest BCUT2D eigenvalue weighted by atomic mass is 10.1. The van der Waals surface area contributed by atoms with Crippen LogP contribution in [0.4, 0.5) is 5.00 Å². The van der Waals surface area contributed by atoms with Crippen molar-refractivity contribution >= 4 is 51.6 Å². The van der Waals surface area contributed by atoms with Crippen LogP contribution in [0.3, 0.4) is 0 Å². The van der Waals surface area contributed by atoms with Crippen molar-refractivity contribution in [1.29, 1.82) is 0 Å². The van der Waals surface area contributed by atoms with Crippen LogP contribution in [0.2, 0.25) is 5.02 Å². The van der Waals surface area contributed by atoms with Gasteiger partial charge in [-0.05, 0) is 55.5 Å². The van der Waals surface area contributed by atoms with Crippen LogP contribution in [0, 0.1) is 13.8 Å². The number of ether oxygens (including phenoxy) is 2. The Balaban J connectivity index is 1.61. The van der Waals surface area contributed by atoms with Crippen molar-refractivity contribution in [3.63, 3.8) is 0 Å². The van der Waals surface area contributed by atoms with Crippen molar-refractivity contribution in [3.05, 3.63) is 51.1 Å². The second kappa shape index (κ2) is 10.8. The lowest BCUT2D eigenvalue weighted by Gasteiger charge is -2.11. The normalized spacial score (nSPS) is 10.8. The molecule has 0 radical (unpaired) electrons. The van der Waals surface area contributed by atoms with E-state index >= 15 is 0 Å². The van der Waals surface area contributed by atoms with Crippen molar-refractivity contribution in [2.75, 3.05) is 18.2 Å². The topological polar surface area (TPSA) is 95.3 Å². The summed E-state index contributed by atoms with van der Waals surface area (Å²) in [6.45, 7) is 6.71. The molecule has 0 unspecified atom stereocenters. The maximum atomic E-state index is 12.4. The van der Waals surface area contributed by atoms with E-state index in [1.165, 1.54) is 30.2 Å². The maximum Gasteiger partial charge on any atom is 0.340 e. The van der Waals surface area contributed by atoms with E-state index in [4.69, 9.17) is 21.1 Å². The number of anilines is 1. The van der Waals surface area contributed by atoms with Gasteiger partial charge in [0.15, 0.2) is 11.0 Å². The maximum absolute atomic E-state index is 12.4. The van der Waals surface area contributed by atoms with Gasteiger partial charge in [-0.15, -0.1) is 21.5 Å². The average molecular weight is 495 g/mol. The van der Waals surface area contributed by atoms with Crippen molar-refractivity contribution in [1.82, 2.24) is 14.8 Å². The third-order valence-electron chi connectivity index (χ3n) is 4.54.